The number of carbonyl (C=O) groups is 2. The van der Waals surface area contributed by atoms with E-state index < -0.39 is 16.1 Å². The van der Waals surface area contributed by atoms with Crippen molar-refractivity contribution < 1.29 is 22.7 Å². The molecule has 10 heteroatoms. The summed E-state index contributed by atoms with van der Waals surface area (Å²) in [6.45, 7) is 3.70. The van der Waals surface area contributed by atoms with Gasteiger partial charge in [-0.3, -0.25) is 9.59 Å². The van der Waals surface area contributed by atoms with Gasteiger partial charge in [-0.2, -0.15) is 4.31 Å². The van der Waals surface area contributed by atoms with Crippen LogP contribution >= 0.6 is 11.3 Å². The van der Waals surface area contributed by atoms with Gasteiger partial charge in [0.1, 0.15) is 11.8 Å². The Kier molecular flexibility index (Phi) is 7.35. The molecule has 0 aliphatic carbocycles. The first kappa shape index (κ1) is 23.7. The van der Waals surface area contributed by atoms with Crippen molar-refractivity contribution in [2.75, 3.05) is 31.6 Å². The predicted octanol–water partition coefficient (Wildman–Crippen LogP) is 3.56. The van der Waals surface area contributed by atoms with Gasteiger partial charge in [0.25, 0.3) is 5.91 Å². The van der Waals surface area contributed by atoms with Crippen LogP contribution in [0.15, 0.2) is 40.6 Å². The second-order valence-electron chi connectivity index (χ2n) is 8.18. The fourth-order valence-electron chi connectivity index (χ4n) is 4.34. The zero-order chi connectivity index (χ0) is 23.4. The molecule has 3 heterocycles. The average Bonchev–Trinajstić information content (AvgIpc) is 3.53. The number of amides is 2. The zero-order valence-corrected chi connectivity index (χ0v) is 20.3. The van der Waals surface area contributed by atoms with E-state index >= 15 is 0 Å². The van der Waals surface area contributed by atoms with Gasteiger partial charge in [-0.05, 0) is 62.3 Å². The third-order valence-corrected chi connectivity index (χ3v) is 8.76. The summed E-state index contributed by atoms with van der Waals surface area (Å²) in [7, 11) is -3.66. The number of nitrogens with one attached hydrogen (secondary N) is 1. The van der Waals surface area contributed by atoms with E-state index in [0.717, 1.165) is 25.7 Å². The second kappa shape index (κ2) is 10.2. The molecule has 1 atom stereocenters. The molecule has 0 bridgehead atoms. The van der Waals surface area contributed by atoms with Crippen LogP contribution in [0.4, 0.5) is 5.69 Å². The van der Waals surface area contributed by atoms with Crippen molar-refractivity contribution in [1.29, 1.82) is 0 Å². The van der Waals surface area contributed by atoms with Crippen LogP contribution in [0.3, 0.4) is 0 Å². The van der Waals surface area contributed by atoms with Gasteiger partial charge >= 0.3 is 0 Å². The standard InChI is InChI=1S/C23H29N3O5S2/c1-2-31-20-11-10-17(33(29,30)25-12-4-3-5-13-25)16-18(20)24-22(27)19-8-6-14-26(19)23(28)21-9-7-15-32-21/h7,9-11,15-16,19H,2-6,8,12-14H2,1H3,(H,24,27)/t19-/m0/s1. The molecule has 2 fully saturated rings. The Morgan fingerprint density at radius 3 is 2.61 bits per heavy atom. The van der Waals surface area contributed by atoms with Crippen LogP contribution in [-0.4, -0.2) is 61.7 Å². The van der Waals surface area contributed by atoms with Crippen molar-refractivity contribution in [1.82, 2.24) is 9.21 Å². The van der Waals surface area contributed by atoms with Crippen molar-refractivity contribution >= 4 is 38.9 Å². The van der Waals surface area contributed by atoms with E-state index in [0.29, 0.717) is 49.0 Å². The number of nitrogens with zero attached hydrogens (tertiary/aromatic N) is 2. The minimum atomic E-state index is -3.66. The summed E-state index contributed by atoms with van der Waals surface area (Å²) in [5, 5.41) is 4.68. The van der Waals surface area contributed by atoms with Gasteiger partial charge in [0.2, 0.25) is 15.9 Å². The summed E-state index contributed by atoms with van der Waals surface area (Å²) in [6.07, 6.45) is 4.00. The second-order valence-corrected chi connectivity index (χ2v) is 11.1. The van der Waals surface area contributed by atoms with Gasteiger partial charge in [-0.15, -0.1) is 11.3 Å². The van der Waals surface area contributed by atoms with Crippen LogP contribution in [0.1, 0.15) is 48.7 Å². The fraction of sp³-hybridized carbons (Fsp3) is 0.478. The van der Waals surface area contributed by atoms with Crippen LogP contribution in [0, 0.1) is 0 Å². The summed E-state index contributed by atoms with van der Waals surface area (Å²) in [4.78, 5) is 28.4. The van der Waals surface area contributed by atoms with Gasteiger partial charge in [0.15, 0.2) is 0 Å². The van der Waals surface area contributed by atoms with Gasteiger partial charge in [-0.1, -0.05) is 12.5 Å². The predicted molar refractivity (Wildman–Crippen MR) is 127 cm³/mol. The molecule has 178 valence electrons. The minimum absolute atomic E-state index is 0.126. The summed E-state index contributed by atoms with van der Waals surface area (Å²) < 4.78 is 33.4. The van der Waals surface area contributed by atoms with E-state index in [-0.39, 0.29) is 16.7 Å². The van der Waals surface area contributed by atoms with E-state index in [1.54, 1.807) is 17.0 Å². The van der Waals surface area contributed by atoms with Crippen LogP contribution in [-0.2, 0) is 14.8 Å². The summed E-state index contributed by atoms with van der Waals surface area (Å²) in [6, 6.07) is 7.52. The van der Waals surface area contributed by atoms with Crippen molar-refractivity contribution in [3.05, 3.63) is 40.6 Å². The SMILES string of the molecule is CCOc1ccc(S(=O)(=O)N2CCCCC2)cc1NC(=O)[C@@H]1CCCN1C(=O)c1cccs1. The lowest BCUT2D eigenvalue weighted by atomic mass is 10.2. The van der Waals surface area contributed by atoms with Crippen molar-refractivity contribution in [2.24, 2.45) is 0 Å². The maximum atomic E-state index is 13.2. The highest BCUT2D eigenvalue weighted by atomic mass is 32.2. The number of thiophene rings is 1. The molecule has 1 aromatic heterocycles. The summed E-state index contributed by atoms with van der Waals surface area (Å²) >= 11 is 1.35. The molecule has 0 spiro atoms. The third kappa shape index (κ3) is 5.07. The Hall–Kier alpha value is -2.43. The molecule has 2 aliphatic heterocycles. The Morgan fingerprint density at radius 2 is 1.91 bits per heavy atom. The molecule has 4 rings (SSSR count). The van der Waals surface area contributed by atoms with Gasteiger partial charge < -0.3 is 15.0 Å². The highest BCUT2D eigenvalue weighted by molar-refractivity contribution is 7.89. The van der Waals surface area contributed by atoms with E-state index in [9.17, 15) is 18.0 Å². The molecule has 2 saturated heterocycles. The molecule has 1 aromatic carbocycles. The van der Waals surface area contributed by atoms with E-state index in [1.165, 1.54) is 27.8 Å². The van der Waals surface area contributed by atoms with Crippen molar-refractivity contribution in [3.8, 4) is 5.75 Å². The molecule has 8 nitrogen and oxygen atoms in total. The Bertz CT molecular complexity index is 1100. The van der Waals surface area contributed by atoms with Crippen LogP contribution < -0.4 is 10.1 Å². The maximum absolute atomic E-state index is 13.2. The van der Waals surface area contributed by atoms with Crippen LogP contribution in [0.2, 0.25) is 0 Å². The number of ether oxygens (including phenoxy) is 1. The van der Waals surface area contributed by atoms with Gasteiger partial charge in [-0.25, -0.2) is 8.42 Å². The quantitative estimate of drug-likeness (QED) is 0.639. The largest absolute Gasteiger partial charge is 0.492 e. The highest BCUT2D eigenvalue weighted by Gasteiger charge is 2.35. The fourth-order valence-corrected chi connectivity index (χ4v) is 6.57. The van der Waals surface area contributed by atoms with Crippen LogP contribution in [0.5, 0.6) is 5.75 Å². The number of anilines is 1. The first-order valence-electron chi connectivity index (χ1n) is 11.3. The maximum Gasteiger partial charge on any atom is 0.264 e. The normalized spacial score (nSPS) is 19.4. The minimum Gasteiger partial charge on any atom is -0.492 e. The first-order valence-corrected chi connectivity index (χ1v) is 13.7. The Morgan fingerprint density at radius 1 is 1.12 bits per heavy atom. The lowest BCUT2D eigenvalue weighted by Gasteiger charge is -2.26. The average molecular weight is 492 g/mol. The van der Waals surface area contributed by atoms with Crippen molar-refractivity contribution in [2.45, 2.75) is 50.0 Å². The van der Waals surface area contributed by atoms with E-state index in [1.807, 2.05) is 18.4 Å². The zero-order valence-electron chi connectivity index (χ0n) is 18.7. The number of piperidine rings is 1. The molecule has 0 saturated carbocycles. The first-order chi connectivity index (χ1) is 15.9. The molecule has 33 heavy (non-hydrogen) atoms. The van der Waals surface area contributed by atoms with Crippen LogP contribution in [0.25, 0.3) is 0 Å². The summed E-state index contributed by atoms with van der Waals surface area (Å²) in [5.41, 5.74) is 0.301. The third-order valence-electron chi connectivity index (χ3n) is 6.01. The monoisotopic (exact) mass is 491 g/mol. The Labute approximate surface area is 198 Å². The van der Waals surface area contributed by atoms with Gasteiger partial charge in [0.05, 0.1) is 22.1 Å². The lowest BCUT2D eigenvalue weighted by molar-refractivity contribution is -0.119. The number of sulfonamides is 1. The van der Waals surface area contributed by atoms with Crippen molar-refractivity contribution in [3.63, 3.8) is 0 Å². The molecule has 0 radical (unpaired) electrons. The molecule has 1 N–H and O–H groups in total. The molecular weight excluding hydrogens is 462 g/mol. The van der Waals surface area contributed by atoms with E-state index in [2.05, 4.69) is 5.32 Å². The Balaban J connectivity index is 1.57. The van der Waals surface area contributed by atoms with Gasteiger partial charge in [0, 0.05) is 19.6 Å². The number of hydrogen-bond acceptors (Lipinski definition) is 6. The van der Waals surface area contributed by atoms with E-state index in [4.69, 9.17) is 4.74 Å². The number of carbonyl (C=O) groups excluding carboxylic acids is 2. The molecule has 2 aliphatic rings. The number of likely N-dealkylation sites (tertiary alicyclic amines) is 1. The topological polar surface area (TPSA) is 96.0 Å². The molecule has 0 unspecified atom stereocenters. The highest BCUT2D eigenvalue weighted by Crippen LogP contribution is 2.31. The smallest absolute Gasteiger partial charge is 0.264 e. The lowest BCUT2D eigenvalue weighted by Crippen LogP contribution is -2.43. The molecule has 2 amide bonds. The molecule has 2 aromatic rings. The molecular formula is C23H29N3O5S2. The number of hydrogen-bond donors (Lipinski definition) is 1. The summed E-state index contributed by atoms with van der Waals surface area (Å²) in [5.74, 6) is -0.0995. The number of rotatable bonds is 7. The number of benzene rings is 1.